The van der Waals surface area contributed by atoms with Gasteiger partial charge >= 0.3 is 0 Å². The van der Waals surface area contributed by atoms with E-state index in [9.17, 15) is 0 Å². The first-order valence-corrected chi connectivity index (χ1v) is 6.65. The van der Waals surface area contributed by atoms with E-state index in [4.69, 9.17) is 0 Å². The Morgan fingerprint density at radius 2 is 2.33 bits per heavy atom. The molecule has 2 rings (SSSR count). The van der Waals surface area contributed by atoms with Crippen LogP contribution in [-0.2, 0) is 7.05 Å². The molecular weight excluding hydrogens is 206 g/mol. The predicted octanol–water partition coefficient (Wildman–Crippen LogP) is 1.90. The Bertz CT molecular complexity index is 292. The molecule has 1 fully saturated rings. The fraction of sp³-hybridized carbons (Fsp3) is 0.727. The Labute approximate surface area is 95.6 Å². The van der Waals surface area contributed by atoms with E-state index in [1.165, 1.54) is 43.0 Å². The van der Waals surface area contributed by atoms with Gasteiger partial charge in [-0.2, -0.15) is 5.10 Å². The van der Waals surface area contributed by atoms with Crippen molar-refractivity contribution in [3.05, 3.63) is 12.4 Å². The van der Waals surface area contributed by atoms with E-state index in [1.807, 2.05) is 29.7 Å². The topological polar surface area (TPSA) is 29.9 Å². The molecule has 0 unspecified atom stereocenters. The van der Waals surface area contributed by atoms with Crippen molar-refractivity contribution in [2.45, 2.75) is 24.2 Å². The summed E-state index contributed by atoms with van der Waals surface area (Å²) in [7, 11) is 1.97. The number of piperidine rings is 1. The average molecular weight is 225 g/mol. The maximum Gasteiger partial charge on any atom is 0.0625 e. The highest BCUT2D eigenvalue weighted by Crippen LogP contribution is 2.23. The fourth-order valence-electron chi connectivity index (χ4n) is 1.99. The van der Waals surface area contributed by atoms with E-state index in [-0.39, 0.29) is 0 Å². The summed E-state index contributed by atoms with van der Waals surface area (Å²) in [6, 6.07) is 0. The minimum atomic E-state index is 0.940. The van der Waals surface area contributed by atoms with Gasteiger partial charge in [-0.3, -0.25) is 4.68 Å². The summed E-state index contributed by atoms with van der Waals surface area (Å²) in [5.74, 6) is 2.17. The average Bonchev–Trinajstić information content (AvgIpc) is 2.66. The van der Waals surface area contributed by atoms with Crippen molar-refractivity contribution < 1.29 is 0 Å². The van der Waals surface area contributed by atoms with Crippen LogP contribution in [0.5, 0.6) is 0 Å². The Kier molecular flexibility index (Phi) is 4.09. The summed E-state index contributed by atoms with van der Waals surface area (Å²) in [6.07, 6.45) is 8.10. The lowest BCUT2D eigenvalue weighted by Crippen LogP contribution is -2.27. The van der Waals surface area contributed by atoms with Crippen LogP contribution in [-0.4, -0.2) is 28.6 Å². The van der Waals surface area contributed by atoms with Crippen LogP contribution >= 0.6 is 11.8 Å². The molecule has 1 aliphatic heterocycles. The highest BCUT2D eigenvalue weighted by atomic mass is 32.2. The SMILES string of the molecule is Cn1cc(SCCC2CCNCC2)cn1. The smallest absolute Gasteiger partial charge is 0.0625 e. The number of thioether (sulfide) groups is 1. The molecule has 2 heterocycles. The largest absolute Gasteiger partial charge is 0.317 e. The molecule has 84 valence electrons. The van der Waals surface area contributed by atoms with E-state index in [1.54, 1.807) is 0 Å². The normalized spacial score (nSPS) is 18.2. The van der Waals surface area contributed by atoms with Crippen molar-refractivity contribution in [1.82, 2.24) is 15.1 Å². The zero-order chi connectivity index (χ0) is 10.5. The molecule has 1 aliphatic rings. The quantitative estimate of drug-likeness (QED) is 0.794. The van der Waals surface area contributed by atoms with Gasteiger partial charge in [-0.1, -0.05) is 0 Å². The Hall–Kier alpha value is -0.480. The number of nitrogens with one attached hydrogen (secondary N) is 1. The first-order chi connectivity index (χ1) is 7.34. The van der Waals surface area contributed by atoms with Gasteiger partial charge in [-0.15, -0.1) is 11.8 Å². The molecule has 0 aliphatic carbocycles. The summed E-state index contributed by atoms with van der Waals surface area (Å²) >= 11 is 1.93. The van der Waals surface area contributed by atoms with Gasteiger partial charge < -0.3 is 5.32 Å². The van der Waals surface area contributed by atoms with Crippen LogP contribution in [0.1, 0.15) is 19.3 Å². The molecule has 0 saturated carbocycles. The van der Waals surface area contributed by atoms with Crippen molar-refractivity contribution in [3.8, 4) is 0 Å². The van der Waals surface area contributed by atoms with Gasteiger partial charge in [0.15, 0.2) is 0 Å². The van der Waals surface area contributed by atoms with E-state index >= 15 is 0 Å². The summed E-state index contributed by atoms with van der Waals surface area (Å²) in [5, 5.41) is 7.57. The van der Waals surface area contributed by atoms with Crippen LogP contribution in [0.3, 0.4) is 0 Å². The molecule has 15 heavy (non-hydrogen) atoms. The fourth-order valence-corrected chi connectivity index (χ4v) is 3.02. The van der Waals surface area contributed by atoms with Gasteiger partial charge in [0.2, 0.25) is 0 Å². The molecule has 3 nitrogen and oxygen atoms in total. The van der Waals surface area contributed by atoms with Crippen molar-refractivity contribution >= 4 is 11.8 Å². The number of hydrogen-bond donors (Lipinski definition) is 1. The predicted molar refractivity (Wildman–Crippen MR) is 64.1 cm³/mol. The van der Waals surface area contributed by atoms with Crippen LogP contribution in [0.2, 0.25) is 0 Å². The van der Waals surface area contributed by atoms with Crippen molar-refractivity contribution in [2.75, 3.05) is 18.8 Å². The molecule has 0 atom stereocenters. The second-order valence-corrected chi connectivity index (χ2v) is 5.35. The maximum absolute atomic E-state index is 4.17. The van der Waals surface area contributed by atoms with E-state index in [2.05, 4.69) is 16.6 Å². The van der Waals surface area contributed by atoms with Crippen LogP contribution < -0.4 is 5.32 Å². The molecule has 0 radical (unpaired) electrons. The van der Waals surface area contributed by atoms with Gasteiger partial charge in [0.05, 0.1) is 6.20 Å². The molecule has 0 bridgehead atoms. The second kappa shape index (κ2) is 5.56. The van der Waals surface area contributed by atoms with Crippen molar-refractivity contribution in [1.29, 1.82) is 0 Å². The first kappa shape index (κ1) is 11.0. The number of aromatic nitrogens is 2. The minimum absolute atomic E-state index is 0.940. The van der Waals surface area contributed by atoms with Gasteiger partial charge in [0.1, 0.15) is 0 Å². The number of rotatable bonds is 4. The third kappa shape index (κ3) is 3.54. The summed E-state index contributed by atoms with van der Waals surface area (Å²) in [4.78, 5) is 1.30. The van der Waals surface area contributed by atoms with Crippen LogP contribution in [0.25, 0.3) is 0 Å². The zero-order valence-electron chi connectivity index (χ0n) is 9.28. The molecule has 0 amide bonds. The lowest BCUT2D eigenvalue weighted by Gasteiger charge is -2.21. The van der Waals surface area contributed by atoms with E-state index < -0.39 is 0 Å². The van der Waals surface area contributed by atoms with E-state index in [0.717, 1.165) is 5.92 Å². The standard InChI is InChI=1S/C11H19N3S/c1-14-9-11(8-13-14)15-7-4-10-2-5-12-6-3-10/h8-10,12H,2-7H2,1H3. The van der Waals surface area contributed by atoms with Crippen LogP contribution in [0, 0.1) is 5.92 Å². The highest BCUT2D eigenvalue weighted by Gasteiger charge is 2.12. The number of nitrogens with zero attached hydrogens (tertiary/aromatic N) is 2. The molecular formula is C11H19N3S. The third-order valence-corrected chi connectivity index (χ3v) is 3.92. The molecule has 1 saturated heterocycles. The second-order valence-electron chi connectivity index (χ2n) is 4.18. The summed E-state index contributed by atoms with van der Waals surface area (Å²) in [6.45, 7) is 2.42. The molecule has 1 N–H and O–H groups in total. The van der Waals surface area contributed by atoms with Gasteiger partial charge in [0.25, 0.3) is 0 Å². The summed E-state index contributed by atoms with van der Waals surface area (Å²) < 4.78 is 1.87. The molecule has 1 aromatic heterocycles. The Morgan fingerprint density at radius 1 is 1.53 bits per heavy atom. The Balaban J connectivity index is 1.65. The molecule has 0 spiro atoms. The maximum atomic E-state index is 4.17. The molecule has 4 heteroatoms. The van der Waals surface area contributed by atoms with Gasteiger partial charge in [-0.25, -0.2) is 0 Å². The van der Waals surface area contributed by atoms with Crippen molar-refractivity contribution in [2.24, 2.45) is 13.0 Å². The lowest BCUT2D eigenvalue weighted by atomic mass is 9.96. The zero-order valence-corrected chi connectivity index (χ0v) is 10.1. The lowest BCUT2D eigenvalue weighted by molar-refractivity contribution is 0.367. The highest BCUT2D eigenvalue weighted by molar-refractivity contribution is 7.99. The number of hydrogen-bond acceptors (Lipinski definition) is 3. The van der Waals surface area contributed by atoms with E-state index in [0.29, 0.717) is 0 Å². The minimum Gasteiger partial charge on any atom is -0.317 e. The monoisotopic (exact) mass is 225 g/mol. The Morgan fingerprint density at radius 3 is 3.00 bits per heavy atom. The van der Waals surface area contributed by atoms with Gasteiger partial charge in [0, 0.05) is 18.1 Å². The first-order valence-electron chi connectivity index (χ1n) is 5.67. The van der Waals surface area contributed by atoms with Crippen molar-refractivity contribution in [3.63, 3.8) is 0 Å². The molecule has 0 aromatic carbocycles. The number of aryl methyl sites for hydroxylation is 1. The van der Waals surface area contributed by atoms with Gasteiger partial charge in [-0.05, 0) is 44.0 Å². The third-order valence-electron chi connectivity index (χ3n) is 2.93. The summed E-state index contributed by atoms with van der Waals surface area (Å²) in [5.41, 5.74) is 0. The molecule has 1 aromatic rings. The van der Waals surface area contributed by atoms with Crippen LogP contribution in [0.4, 0.5) is 0 Å². The van der Waals surface area contributed by atoms with Crippen LogP contribution in [0.15, 0.2) is 17.3 Å².